The van der Waals surface area contributed by atoms with Gasteiger partial charge in [-0.3, -0.25) is 9.59 Å². The van der Waals surface area contributed by atoms with E-state index in [4.69, 9.17) is 0 Å². The molecule has 0 aliphatic rings. The number of nitrogens with zero attached hydrogens (tertiary/aromatic N) is 1. The van der Waals surface area contributed by atoms with Crippen LogP contribution in [0.4, 0.5) is 0 Å². The Labute approximate surface area is 238 Å². The van der Waals surface area contributed by atoms with Gasteiger partial charge < -0.3 is 24.6 Å². The molecule has 2 N–H and O–H groups in total. The van der Waals surface area contributed by atoms with E-state index < -0.39 is 35.7 Å². The molecule has 3 atom stereocenters. The SMILES string of the molecule is CCCCCCC/C=C/CCCCCCCCCCC[N+](CC(C)C(=O)[O-])(CC(C)C(=O)O)CC(C)C(=O)O. The summed E-state index contributed by atoms with van der Waals surface area (Å²) in [5.41, 5.74) is 0. The van der Waals surface area contributed by atoms with Crippen molar-refractivity contribution in [3.8, 4) is 0 Å². The maximum Gasteiger partial charge on any atom is 0.311 e. The van der Waals surface area contributed by atoms with Crippen LogP contribution < -0.4 is 5.11 Å². The van der Waals surface area contributed by atoms with Crippen LogP contribution in [-0.2, 0) is 14.4 Å². The minimum Gasteiger partial charge on any atom is -0.550 e. The Bertz CT molecular complexity index is 637. The van der Waals surface area contributed by atoms with E-state index in [9.17, 15) is 29.7 Å². The second-order valence-electron chi connectivity index (χ2n) is 12.0. The third kappa shape index (κ3) is 19.8. The molecule has 0 aromatic carbocycles. The first-order chi connectivity index (χ1) is 18.5. The van der Waals surface area contributed by atoms with Gasteiger partial charge in [-0.25, -0.2) is 0 Å². The van der Waals surface area contributed by atoms with Gasteiger partial charge in [0.25, 0.3) is 0 Å². The molecule has 0 fully saturated rings. The molecule has 0 spiro atoms. The van der Waals surface area contributed by atoms with E-state index in [-0.39, 0.29) is 24.1 Å². The lowest BCUT2D eigenvalue weighted by molar-refractivity contribution is -0.934. The van der Waals surface area contributed by atoms with Crippen molar-refractivity contribution in [1.29, 1.82) is 0 Å². The first-order valence-electron chi connectivity index (χ1n) is 15.7. The van der Waals surface area contributed by atoms with Gasteiger partial charge in [0.2, 0.25) is 0 Å². The summed E-state index contributed by atoms with van der Waals surface area (Å²) in [6.07, 6.45) is 24.1. The van der Waals surface area contributed by atoms with Crippen LogP contribution in [-0.4, -0.2) is 58.8 Å². The van der Waals surface area contributed by atoms with E-state index in [0.29, 0.717) is 6.54 Å². The largest absolute Gasteiger partial charge is 0.550 e. The van der Waals surface area contributed by atoms with Gasteiger partial charge in [-0.2, -0.15) is 0 Å². The van der Waals surface area contributed by atoms with Crippen molar-refractivity contribution in [1.82, 2.24) is 0 Å². The number of allylic oxidation sites excluding steroid dienone is 2. The molecule has 0 saturated carbocycles. The van der Waals surface area contributed by atoms with Crippen LogP contribution in [0.25, 0.3) is 0 Å². The molecule has 0 rings (SSSR count). The van der Waals surface area contributed by atoms with Gasteiger partial charge in [0, 0.05) is 11.9 Å². The summed E-state index contributed by atoms with van der Waals surface area (Å²) in [6.45, 7) is 8.24. The van der Waals surface area contributed by atoms with Gasteiger partial charge in [-0.1, -0.05) is 90.2 Å². The first-order valence-corrected chi connectivity index (χ1v) is 15.7. The summed E-state index contributed by atoms with van der Waals surface area (Å²) in [5.74, 6) is -5.24. The summed E-state index contributed by atoms with van der Waals surface area (Å²) in [4.78, 5) is 34.7. The predicted octanol–water partition coefficient (Wildman–Crippen LogP) is 6.45. The number of carbonyl (C=O) groups is 3. The molecule has 0 amide bonds. The average molecular weight is 554 g/mol. The van der Waals surface area contributed by atoms with E-state index in [1.807, 2.05) is 0 Å². The van der Waals surface area contributed by atoms with Gasteiger partial charge in [0.05, 0.1) is 26.2 Å². The molecule has 3 unspecified atom stereocenters. The predicted molar refractivity (Wildman–Crippen MR) is 156 cm³/mol. The van der Waals surface area contributed by atoms with Crippen LogP contribution in [0.2, 0.25) is 0 Å². The molecule has 0 aliphatic carbocycles. The van der Waals surface area contributed by atoms with Crippen LogP contribution in [0.3, 0.4) is 0 Å². The Kier molecular flexibility index (Phi) is 21.8. The van der Waals surface area contributed by atoms with Crippen LogP contribution in [0.5, 0.6) is 0 Å². The summed E-state index contributed by atoms with van der Waals surface area (Å²) >= 11 is 0. The minimum atomic E-state index is -1.18. The maximum atomic E-state index is 11.6. The van der Waals surface area contributed by atoms with E-state index >= 15 is 0 Å². The number of quaternary nitrogens is 1. The number of aliphatic carboxylic acids is 3. The number of carbonyl (C=O) groups excluding carboxylic acids is 1. The van der Waals surface area contributed by atoms with Crippen molar-refractivity contribution in [3.05, 3.63) is 12.2 Å². The Morgan fingerprint density at radius 2 is 0.974 bits per heavy atom. The van der Waals surface area contributed by atoms with Crippen LogP contribution in [0, 0.1) is 17.8 Å². The molecule has 0 bridgehead atoms. The number of carboxylic acid groups (broad SMARTS) is 3. The molecular weight excluding hydrogens is 494 g/mol. The molecule has 0 heterocycles. The molecule has 0 radical (unpaired) electrons. The van der Waals surface area contributed by atoms with E-state index in [0.717, 1.165) is 25.7 Å². The second kappa shape index (κ2) is 22.9. The summed E-state index contributed by atoms with van der Waals surface area (Å²) in [7, 11) is 0. The standard InChI is InChI=1S/C32H59NO6/c1-5-6-7-8-9-10-11-12-13-14-15-16-17-18-19-20-21-22-23-33(24-27(2)30(34)35,25-28(3)31(36)37)26-29(4)32(38)39/h11-12,27-29H,5-10,13-26H2,1-4H3,(H2-,34,35,36,37,38,39)/b12-11+. The van der Waals surface area contributed by atoms with Gasteiger partial charge in [0.1, 0.15) is 11.8 Å². The Morgan fingerprint density at radius 1 is 0.615 bits per heavy atom. The van der Waals surface area contributed by atoms with Gasteiger partial charge >= 0.3 is 11.9 Å². The monoisotopic (exact) mass is 553 g/mol. The van der Waals surface area contributed by atoms with E-state index in [1.165, 1.54) is 77.0 Å². The first kappa shape index (κ1) is 37.1. The van der Waals surface area contributed by atoms with Crippen molar-refractivity contribution in [2.45, 2.75) is 130 Å². The summed E-state index contributed by atoms with van der Waals surface area (Å²) in [5, 5.41) is 30.5. The molecule has 0 aliphatic heterocycles. The number of carboxylic acids is 3. The Hall–Kier alpha value is -1.89. The lowest BCUT2D eigenvalue weighted by Gasteiger charge is -2.43. The highest BCUT2D eigenvalue weighted by Crippen LogP contribution is 2.22. The number of hydrogen-bond donors (Lipinski definition) is 2. The molecule has 39 heavy (non-hydrogen) atoms. The minimum absolute atomic E-state index is 0.184. The van der Waals surface area contributed by atoms with Crippen molar-refractivity contribution in [2.75, 3.05) is 26.2 Å². The van der Waals surface area contributed by atoms with Crippen LogP contribution in [0.1, 0.15) is 130 Å². The van der Waals surface area contributed by atoms with Crippen LogP contribution >= 0.6 is 0 Å². The van der Waals surface area contributed by atoms with Crippen LogP contribution in [0.15, 0.2) is 12.2 Å². The summed E-state index contributed by atoms with van der Waals surface area (Å²) < 4.78 is 0.184. The number of unbranched alkanes of at least 4 members (excludes halogenated alkanes) is 14. The van der Waals surface area contributed by atoms with E-state index in [2.05, 4.69) is 19.1 Å². The average Bonchev–Trinajstić information content (AvgIpc) is 2.87. The zero-order valence-corrected chi connectivity index (χ0v) is 25.5. The highest BCUT2D eigenvalue weighted by molar-refractivity contribution is 5.70. The highest BCUT2D eigenvalue weighted by Gasteiger charge is 2.36. The third-order valence-corrected chi connectivity index (χ3v) is 7.87. The van der Waals surface area contributed by atoms with Crippen molar-refractivity contribution in [3.63, 3.8) is 0 Å². The molecule has 0 saturated heterocycles. The normalized spacial score (nSPS) is 15.6. The molecule has 7 nitrogen and oxygen atoms in total. The topological polar surface area (TPSA) is 115 Å². The quantitative estimate of drug-likeness (QED) is 0.0686. The smallest absolute Gasteiger partial charge is 0.311 e. The van der Waals surface area contributed by atoms with Gasteiger partial charge in [-0.05, 0) is 52.4 Å². The molecule has 0 aromatic rings. The summed E-state index contributed by atoms with van der Waals surface area (Å²) in [6, 6.07) is 0. The molecule has 228 valence electrons. The fourth-order valence-corrected chi connectivity index (χ4v) is 5.52. The second-order valence-corrected chi connectivity index (χ2v) is 12.0. The number of hydrogen-bond acceptors (Lipinski definition) is 4. The molecule has 0 aromatic heterocycles. The lowest BCUT2D eigenvalue weighted by Crippen LogP contribution is -2.58. The zero-order chi connectivity index (χ0) is 29.5. The van der Waals surface area contributed by atoms with Crippen molar-refractivity contribution < 1.29 is 34.2 Å². The zero-order valence-electron chi connectivity index (χ0n) is 25.5. The fourth-order valence-electron chi connectivity index (χ4n) is 5.52. The fraction of sp³-hybridized carbons (Fsp3) is 0.844. The molecule has 7 heteroatoms. The number of rotatable bonds is 27. The third-order valence-electron chi connectivity index (χ3n) is 7.87. The Balaban J connectivity index is 4.38. The van der Waals surface area contributed by atoms with Gasteiger partial charge in [0.15, 0.2) is 0 Å². The highest BCUT2D eigenvalue weighted by atomic mass is 16.4. The molecular formula is C32H59NO6. The van der Waals surface area contributed by atoms with Crippen molar-refractivity contribution in [2.24, 2.45) is 17.8 Å². The lowest BCUT2D eigenvalue weighted by atomic mass is 10.00. The van der Waals surface area contributed by atoms with Crippen molar-refractivity contribution >= 4 is 17.9 Å². The maximum absolute atomic E-state index is 11.6. The Morgan fingerprint density at radius 3 is 1.36 bits per heavy atom. The van der Waals surface area contributed by atoms with Gasteiger partial charge in [-0.15, -0.1) is 0 Å². The van der Waals surface area contributed by atoms with E-state index in [1.54, 1.807) is 20.8 Å².